The Morgan fingerprint density at radius 3 is 2.57 bits per heavy atom. The molecule has 0 radical (unpaired) electrons. The molecule has 1 heterocycles. The van der Waals surface area contributed by atoms with Gasteiger partial charge in [-0.25, -0.2) is 0 Å². The van der Waals surface area contributed by atoms with Crippen molar-refractivity contribution >= 4 is 27.6 Å². The Morgan fingerprint density at radius 1 is 1.43 bits per heavy atom. The number of rotatable bonds is 2. The van der Waals surface area contributed by atoms with E-state index in [-0.39, 0.29) is 12.1 Å². The largest absolute Gasteiger partial charge is 0.481 e. The first-order chi connectivity index (χ1) is 9.74. The van der Waals surface area contributed by atoms with E-state index in [0.29, 0.717) is 10.2 Å². The monoisotopic (exact) mass is 362 g/mol. The molecule has 0 amide bonds. The molecular weight excluding hydrogens is 353 g/mol. The van der Waals surface area contributed by atoms with E-state index >= 15 is 0 Å². The van der Waals surface area contributed by atoms with Crippen molar-refractivity contribution in [3.8, 4) is 6.07 Å². The van der Waals surface area contributed by atoms with Crippen LogP contribution in [0.25, 0.3) is 0 Å². The molecule has 8 heteroatoms. The minimum Gasteiger partial charge on any atom is -0.481 e. The molecule has 1 aliphatic heterocycles. The van der Waals surface area contributed by atoms with Crippen molar-refractivity contribution in [2.45, 2.75) is 6.18 Å². The molecule has 0 aromatic heterocycles. The lowest BCUT2D eigenvalue weighted by Gasteiger charge is -2.20. The van der Waals surface area contributed by atoms with Gasteiger partial charge in [0.15, 0.2) is 0 Å². The molecule has 1 aromatic rings. The van der Waals surface area contributed by atoms with Gasteiger partial charge in [0.2, 0.25) is 0 Å². The van der Waals surface area contributed by atoms with Crippen molar-refractivity contribution in [1.82, 2.24) is 0 Å². The molecule has 21 heavy (non-hydrogen) atoms. The zero-order valence-electron chi connectivity index (χ0n) is 10.6. The lowest BCUT2D eigenvalue weighted by molar-refractivity contribution is -0.187. The van der Waals surface area contributed by atoms with Crippen molar-refractivity contribution in [1.29, 1.82) is 5.26 Å². The quantitative estimate of drug-likeness (QED) is 0.878. The van der Waals surface area contributed by atoms with E-state index < -0.39 is 30.5 Å². The summed E-state index contributed by atoms with van der Waals surface area (Å²) in [4.78, 5) is 12.4. The Labute approximate surface area is 126 Å². The lowest BCUT2D eigenvalue weighted by Crippen LogP contribution is -2.33. The van der Waals surface area contributed by atoms with Crippen LogP contribution in [0.3, 0.4) is 0 Å². The molecule has 2 rings (SSSR count). The van der Waals surface area contributed by atoms with Gasteiger partial charge in [0.25, 0.3) is 0 Å². The highest BCUT2D eigenvalue weighted by Gasteiger charge is 2.52. The minimum absolute atomic E-state index is 0.205. The van der Waals surface area contributed by atoms with Crippen molar-refractivity contribution in [3.63, 3.8) is 0 Å². The van der Waals surface area contributed by atoms with Gasteiger partial charge >= 0.3 is 12.1 Å². The summed E-state index contributed by atoms with van der Waals surface area (Å²) in [6, 6.07) is 6.52. The Hall–Kier alpha value is -1.75. The summed E-state index contributed by atoms with van der Waals surface area (Å²) in [6.45, 7) is -0.730. The predicted molar refractivity (Wildman–Crippen MR) is 71.7 cm³/mol. The number of carboxylic acids is 1. The molecule has 0 spiro atoms. The summed E-state index contributed by atoms with van der Waals surface area (Å²) in [7, 11) is 0. The molecule has 0 unspecified atom stereocenters. The number of hydrogen-bond acceptors (Lipinski definition) is 3. The first kappa shape index (κ1) is 15.6. The third kappa shape index (κ3) is 3.13. The number of nitriles is 1. The topological polar surface area (TPSA) is 64.3 Å². The molecule has 2 atom stereocenters. The van der Waals surface area contributed by atoms with Gasteiger partial charge in [0.1, 0.15) is 6.07 Å². The molecule has 112 valence electrons. The molecule has 0 aliphatic carbocycles. The van der Waals surface area contributed by atoms with Gasteiger partial charge in [-0.3, -0.25) is 4.79 Å². The van der Waals surface area contributed by atoms with Crippen LogP contribution in [0.4, 0.5) is 18.9 Å². The Bertz CT molecular complexity index is 612. The molecule has 0 saturated carbocycles. The molecule has 1 aromatic carbocycles. The van der Waals surface area contributed by atoms with Gasteiger partial charge in [0, 0.05) is 17.6 Å². The van der Waals surface area contributed by atoms with E-state index in [1.54, 1.807) is 6.07 Å². The highest BCUT2D eigenvalue weighted by Crippen LogP contribution is 2.40. The summed E-state index contributed by atoms with van der Waals surface area (Å²) in [5.74, 6) is -4.94. The van der Waals surface area contributed by atoms with E-state index in [9.17, 15) is 18.0 Å². The van der Waals surface area contributed by atoms with Gasteiger partial charge in [-0.15, -0.1) is 0 Å². The van der Waals surface area contributed by atoms with Crippen LogP contribution in [0, 0.1) is 23.2 Å². The fraction of sp³-hybridized carbons (Fsp3) is 0.385. The Balaban J connectivity index is 2.36. The van der Waals surface area contributed by atoms with E-state index in [1.807, 2.05) is 6.07 Å². The average molecular weight is 363 g/mol. The van der Waals surface area contributed by atoms with Gasteiger partial charge in [-0.2, -0.15) is 18.4 Å². The Morgan fingerprint density at radius 2 is 2.10 bits per heavy atom. The maximum atomic E-state index is 12.9. The number of carboxylic acid groups (broad SMARTS) is 1. The van der Waals surface area contributed by atoms with Crippen LogP contribution in [-0.2, 0) is 4.79 Å². The molecule has 0 bridgehead atoms. The number of alkyl halides is 3. The lowest BCUT2D eigenvalue weighted by atomic mass is 9.96. The van der Waals surface area contributed by atoms with Gasteiger partial charge in [-0.05, 0) is 18.2 Å². The van der Waals surface area contributed by atoms with Crippen LogP contribution in [0.1, 0.15) is 5.56 Å². The van der Waals surface area contributed by atoms with Gasteiger partial charge < -0.3 is 10.0 Å². The van der Waals surface area contributed by atoms with E-state index in [2.05, 4.69) is 15.9 Å². The highest BCUT2D eigenvalue weighted by molar-refractivity contribution is 9.10. The number of carbonyl (C=O) groups is 1. The van der Waals surface area contributed by atoms with Crippen molar-refractivity contribution in [2.75, 3.05) is 18.0 Å². The van der Waals surface area contributed by atoms with Crippen molar-refractivity contribution in [2.24, 2.45) is 11.8 Å². The summed E-state index contributed by atoms with van der Waals surface area (Å²) in [5, 5.41) is 18.1. The number of halogens is 4. The second kappa shape index (κ2) is 5.56. The highest BCUT2D eigenvalue weighted by atomic mass is 79.9. The van der Waals surface area contributed by atoms with Crippen LogP contribution in [-0.4, -0.2) is 30.3 Å². The van der Waals surface area contributed by atoms with Crippen LogP contribution in [0.5, 0.6) is 0 Å². The first-order valence-electron chi connectivity index (χ1n) is 5.98. The summed E-state index contributed by atoms with van der Waals surface area (Å²) >= 11 is 3.18. The second-order valence-corrected chi connectivity index (χ2v) is 5.69. The number of aliphatic carboxylic acids is 1. The molecule has 4 nitrogen and oxygen atoms in total. The smallest absolute Gasteiger partial charge is 0.394 e. The third-order valence-electron chi connectivity index (χ3n) is 3.48. The number of hydrogen-bond donors (Lipinski definition) is 1. The van der Waals surface area contributed by atoms with Crippen LogP contribution in [0.2, 0.25) is 0 Å². The molecule has 1 aliphatic rings. The molecule has 1 fully saturated rings. The number of nitrogens with zero attached hydrogens (tertiary/aromatic N) is 2. The summed E-state index contributed by atoms with van der Waals surface area (Å²) < 4.78 is 39.5. The van der Waals surface area contributed by atoms with Gasteiger partial charge in [-0.1, -0.05) is 15.9 Å². The standard InChI is InChI=1S/C13H10BrF3N2O2/c14-8-1-2-11(7(3-8)4-18)19-5-9(12(20)21)10(6-19)13(15,16)17/h1-3,9-10H,5-6H2,(H,20,21)/t9-,10-/m1/s1. The zero-order chi connectivity index (χ0) is 15.8. The van der Waals surface area contributed by atoms with E-state index in [4.69, 9.17) is 10.4 Å². The number of anilines is 1. The maximum absolute atomic E-state index is 12.9. The van der Waals surface area contributed by atoms with E-state index in [1.165, 1.54) is 17.0 Å². The molecular formula is C13H10BrF3N2O2. The SMILES string of the molecule is N#Cc1cc(Br)ccc1N1C[C@@H](C(F)(F)F)[C@H](C(=O)O)C1. The fourth-order valence-electron chi connectivity index (χ4n) is 2.46. The van der Waals surface area contributed by atoms with Crippen molar-refractivity contribution in [3.05, 3.63) is 28.2 Å². The van der Waals surface area contributed by atoms with Crippen LogP contribution in [0.15, 0.2) is 22.7 Å². The third-order valence-corrected chi connectivity index (χ3v) is 3.97. The second-order valence-electron chi connectivity index (χ2n) is 4.77. The maximum Gasteiger partial charge on any atom is 0.394 e. The summed E-state index contributed by atoms with van der Waals surface area (Å²) in [6.07, 6.45) is -4.58. The Kier molecular flexibility index (Phi) is 4.14. The number of benzene rings is 1. The zero-order valence-corrected chi connectivity index (χ0v) is 12.1. The van der Waals surface area contributed by atoms with Crippen LogP contribution < -0.4 is 4.90 Å². The predicted octanol–water partition coefficient (Wildman–Crippen LogP) is 3.02. The normalized spacial score (nSPS) is 22.1. The summed E-state index contributed by atoms with van der Waals surface area (Å²) in [5.41, 5.74) is 0.523. The van der Waals surface area contributed by atoms with Crippen molar-refractivity contribution < 1.29 is 23.1 Å². The molecule has 1 N–H and O–H groups in total. The fourth-order valence-corrected chi connectivity index (χ4v) is 2.82. The minimum atomic E-state index is -4.58. The van der Waals surface area contributed by atoms with Gasteiger partial charge in [0.05, 0.1) is 23.1 Å². The first-order valence-corrected chi connectivity index (χ1v) is 6.77. The molecule has 1 saturated heterocycles. The average Bonchev–Trinajstić information content (AvgIpc) is 2.83. The van der Waals surface area contributed by atoms with Crippen LogP contribution >= 0.6 is 15.9 Å². The van der Waals surface area contributed by atoms with E-state index in [0.717, 1.165) is 0 Å².